The summed E-state index contributed by atoms with van der Waals surface area (Å²) < 4.78 is 13.0. The Kier molecular flexibility index (Phi) is 7.48. The molecule has 1 saturated heterocycles. The number of benzene rings is 2. The molecule has 5 aliphatic rings. The van der Waals surface area contributed by atoms with Gasteiger partial charge in [0.05, 0.1) is 7.11 Å². The molecule has 41 heavy (non-hydrogen) atoms. The Morgan fingerprint density at radius 3 is 2.63 bits per heavy atom. The van der Waals surface area contributed by atoms with Gasteiger partial charge in [0.15, 0.2) is 11.5 Å². The van der Waals surface area contributed by atoms with Crippen molar-refractivity contribution in [1.29, 1.82) is 0 Å². The molecule has 2 bridgehead atoms. The summed E-state index contributed by atoms with van der Waals surface area (Å²) in [6, 6.07) is 14.1. The van der Waals surface area contributed by atoms with Gasteiger partial charge in [0.2, 0.25) is 0 Å². The van der Waals surface area contributed by atoms with E-state index < -0.39 is 0 Å². The summed E-state index contributed by atoms with van der Waals surface area (Å²) >= 11 is 0. The number of likely N-dealkylation sites (tertiary alicyclic amines) is 1. The molecule has 0 radical (unpaired) electrons. The van der Waals surface area contributed by atoms with E-state index in [0.29, 0.717) is 29.8 Å². The van der Waals surface area contributed by atoms with E-state index in [4.69, 9.17) is 9.47 Å². The largest absolute Gasteiger partial charge is 0.508 e. The Labute approximate surface area is 247 Å². The predicted molar refractivity (Wildman–Crippen MR) is 164 cm³/mol. The van der Waals surface area contributed by atoms with Crippen LogP contribution in [0.25, 0.3) is 0 Å². The molecule has 0 amide bonds. The predicted octanol–water partition coefficient (Wildman–Crippen LogP) is 6.73. The molecule has 2 aliphatic heterocycles. The first-order valence-electron chi connectivity index (χ1n) is 16.6. The Morgan fingerprint density at radius 1 is 1.07 bits per heavy atom. The van der Waals surface area contributed by atoms with Crippen LogP contribution in [0.1, 0.15) is 88.3 Å². The number of aryl methyl sites for hydroxylation is 1. The van der Waals surface area contributed by atoms with Crippen LogP contribution >= 0.6 is 0 Å². The van der Waals surface area contributed by atoms with Crippen molar-refractivity contribution < 1.29 is 14.6 Å². The molecule has 7 rings (SSSR count). The van der Waals surface area contributed by atoms with Gasteiger partial charge in [0, 0.05) is 47.3 Å². The topological polar surface area (TPSA) is 45.2 Å². The van der Waals surface area contributed by atoms with E-state index in [-0.39, 0.29) is 11.5 Å². The number of aromatic hydroxyl groups is 1. The third kappa shape index (κ3) is 4.76. The fraction of sp³-hybridized carbons (Fsp3) is 0.667. The fourth-order valence-electron chi connectivity index (χ4n) is 9.43. The van der Waals surface area contributed by atoms with Crippen molar-refractivity contribution in [2.45, 2.75) is 114 Å². The van der Waals surface area contributed by atoms with Crippen molar-refractivity contribution in [3.05, 3.63) is 53.1 Å². The monoisotopic (exact) mass is 558 g/mol. The Morgan fingerprint density at radius 2 is 1.88 bits per heavy atom. The smallest absolute Gasteiger partial charge is 0.166 e. The summed E-state index contributed by atoms with van der Waals surface area (Å²) in [5.41, 5.74) is 3.92. The zero-order valence-corrected chi connectivity index (χ0v) is 25.5. The first-order chi connectivity index (χ1) is 20.0. The highest BCUT2D eigenvalue weighted by Crippen LogP contribution is 2.66. The number of hydrogen-bond acceptors (Lipinski definition) is 5. The normalized spacial score (nSPS) is 30.0. The molecule has 2 saturated carbocycles. The van der Waals surface area contributed by atoms with Gasteiger partial charge in [-0.3, -0.25) is 9.80 Å². The molecule has 222 valence electrons. The molecule has 2 aromatic carbocycles. The van der Waals surface area contributed by atoms with E-state index >= 15 is 0 Å². The van der Waals surface area contributed by atoms with E-state index in [1.54, 1.807) is 7.11 Å². The molecule has 2 aromatic rings. The van der Waals surface area contributed by atoms with Crippen molar-refractivity contribution in [3.63, 3.8) is 0 Å². The van der Waals surface area contributed by atoms with Gasteiger partial charge in [-0.2, -0.15) is 0 Å². The van der Waals surface area contributed by atoms with Crippen LogP contribution in [0.3, 0.4) is 0 Å². The van der Waals surface area contributed by atoms with Crippen LogP contribution in [0.2, 0.25) is 0 Å². The first kappa shape index (κ1) is 27.6. The number of methoxy groups -OCH3 is 1. The molecular weight excluding hydrogens is 508 g/mol. The maximum atomic E-state index is 11.3. The Balaban J connectivity index is 1.12. The summed E-state index contributed by atoms with van der Waals surface area (Å²) in [6.45, 7) is 8.29. The lowest BCUT2D eigenvalue weighted by Gasteiger charge is -2.61. The van der Waals surface area contributed by atoms with Crippen LogP contribution in [0.4, 0.5) is 0 Å². The lowest BCUT2D eigenvalue weighted by Crippen LogP contribution is -2.69. The first-order valence-corrected chi connectivity index (χ1v) is 16.6. The SMILES string of the molecule is COc1cc(O)c2c3c1O[C@H]1[C@@H](N(CCCCCCc4ccccc4)C(C)C)CC[C@H]4[C@@H](C2)N(CC2CC2)CC[C@@]341. The molecule has 5 atom stereocenters. The summed E-state index contributed by atoms with van der Waals surface area (Å²) in [5, 5.41) is 11.3. The number of unbranched alkanes of at least 4 members (excludes halogenated alkanes) is 3. The minimum atomic E-state index is -0.00854. The maximum absolute atomic E-state index is 11.3. The second-order valence-corrected chi connectivity index (χ2v) is 14.1. The molecule has 2 heterocycles. The van der Waals surface area contributed by atoms with Gasteiger partial charge >= 0.3 is 0 Å². The van der Waals surface area contributed by atoms with Crippen molar-refractivity contribution >= 4 is 0 Å². The average Bonchev–Trinajstić information content (AvgIpc) is 3.73. The van der Waals surface area contributed by atoms with Crippen LogP contribution in [-0.2, 0) is 18.3 Å². The third-order valence-electron chi connectivity index (χ3n) is 11.5. The minimum absolute atomic E-state index is 0.00854. The zero-order chi connectivity index (χ0) is 28.1. The summed E-state index contributed by atoms with van der Waals surface area (Å²) in [5.74, 6) is 3.57. The van der Waals surface area contributed by atoms with Crippen molar-refractivity contribution in [2.24, 2.45) is 11.8 Å². The Hall–Kier alpha value is -2.24. The number of phenolic OH excluding ortho intramolecular Hbond substituents is 1. The summed E-state index contributed by atoms with van der Waals surface area (Å²) in [6.07, 6.45) is 13.8. The summed E-state index contributed by atoms with van der Waals surface area (Å²) in [7, 11) is 1.72. The van der Waals surface area contributed by atoms with Crippen molar-refractivity contribution in [1.82, 2.24) is 9.80 Å². The number of nitrogens with zero attached hydrogens (tertiary/aromatic N) is 2. The van der Waals surface area contributed by atoms with Crippen molar-refractivity contribution in [3.8, 4) is 17.2 Å². The molecule has 5 nitrogen and oxygen atoms in total. The lowest BCUT2D eigenvalue weighted by molar-refractivity contribution is -0.0944. The van der Waals surface area contributed by atoms with Gasteiger partial charge in [0.1, 0.15) is 11.9 Å². The zero-order valence-electron chi connectivity index (χ0n) is 25.5. The van der Waals surface area contributed by atoms with Crippen LogP contribution in [-0.4, -0.2) is 65.9 Å². The van der Waals surface area contributed by atoms with Crippen LogP contribution in [0, 0.1) is 11.8 Å². The number of ether oxygens (including phenoxy) is 2. The molecule has 1 N–H and O–H groups in total. The van der Waals surface area contributed by atoms with Gasteiger partial charge in [0.25, 0.3) is 0 Å². The van der Waals surface area contributed by atoms with Gasteiger partial charge < -0.3 is 14.6 Å². The number of rotatable bonds is 12. The molecule has 1 spiro atoms. The quantitative estimate of drug-likeness (QED) is 0.293. The fourth-order valence-corrected chi connectivity index (χ4v) is 9.43. The maximum Gasteiger partial charge on any atom is 0.166 e. The highest BCUT2D eigenvalue weighted by Gasteiger charge is 2.67. The van der Waals surface area contributed by atoms with Crippen molar-refractivity contribution in [2.75, 3.05) is 26.7 Å². The van der Waals surface area contributed by atoms with E-state index in [1.807, 2.05) is 6.07 Å². The number of hydrogen-bond donors (Lipinski definition) is 1. The lowest BCUT2D eigenvalue weighted by atomic mass is 9.50. The van der Waals surface area contributed by atoms with Crippen LogP contribution in [0.15, 0.2) is 36.4 Å². The molecular formula is C36H50N2O3. The molecule has 3 fully saturated rings. The second kappa shape index (κ2) is 11.1. The highest BCUT2D eigenvalue weighted by atomic mass is 16.5. The highest BCUT2D eigenvalue weighted by molar-refractivity contribution is 5.65. The van der Waals surface area contributed by atoms with E-state index in [1.165, 1.54) is 75.5 Å². The molecule has 0 unspecified atom stereocenters. The van der Waals surface area contributed by atoms with Gasteiger partial charge in [-0.15, -0.1) is 0 Å². The Bertz CT molecular complexity index is 1230. The van der Waals surface area contributed by atoms with Gasteiger partial charge in [-0.1, -0.05) is 43.2 Å². The second-order valence-electron chi connectivity index (χ2n) is 14.1. The number of piperidine rings is 1. The molecule has 3 aliphatic carbocycles. The average molecular weight is 559 g/mol. The van der Waals surface area contributed by atoms with E-state index in [2.05, 4.69) is 54.0 Å². The van der Waals surface area contributed by atoms with Crippen LogP contribution < -0.4 is 9.47 Å². The molecule has 5 heteroatoms. The van der Waals surface area contributed by atoms with E-state index in [9.17, 15) is 5.11 Å². The minimum Gasteiger partial charge on any atom is -0.508 e. The number of phenols is 1. The van der Waals surface area contributed by atoms with E-state index in [0.717, 1.165) is 48.9 Å². The third-order valence-corrected chi connectivity index (χ3v) is 11.5. The van der Waals surface area contributed by atoms with Gasteiger partial charge in [-0.05, 0) is 102 Å². The standard InChI is InChI=1S/C36H50N2O3/c1-24(2)38(19-10-5-4-7-11-25-12-8-6-9-13-25)29-17-16-28-30-21-27-31(39)22-32(40-3)34-33(27)36(28,35(29)41-34)18-20-37(30)23-26-14-15-26/h6,8-9,12-13,22,24,26,28-30,35,39H,4-5,7,10-11,14-21,23H2,1-3H3/t28-,29-,30+,35-,36-/m0/s1. The molecule has 0 aromatic heterocycles. The van der Waals surface area contributed by atoms with Gasteiger partial charge in [-0.25, -0.2) is 0 Å². The summed E-state index contributed by atoms with van der Waals surface area (Å²) in [4.78, 5) is 5.59. The van der Waals surface area contributed by atoms with Crippen LogP contribution in [0.5, 0.6) is 17.2 Å².